The molecular formula is C23H19NO5S. The van der Waals surface area contributed by atoms with E-state index >= 15 is 0 Å². The first-order valence-electron chi connectivity index (χ1n) is 9.26. The number of carboxylic acid groups (broad SMARTS) is 1. The van der Waals surface area contributed by atoms with Gasteiger partial charge in [0.05, 0.1) is 11.2 Å². The van der Waals surface area contributed by atoms with Crippen molar-refractivity contribution < 1.29 is 22.7 Å². The van der Waals surface area contributed by atoms with E-state index in [1.807, 2.05) is 36.4 Å². The second-order valence-corrected chi connectivity index (χ2v) is 8.89. The Morgan fingerprint density at radius 3 is 2.47 bits per heavy atom. The van der Waals surface area contributed by atoms with E-state index in [2.05, 4.69) is 17.4 Å². The van der Waals surface area contributed by atoms with Crippen molar-refractivity contribution in [1.82, 2.24) is 0 Å². The number of sulfone groups is 1. The number of hydrogen-bond acceptors (Lipinski definition) is 5. The molecule has 0 saturated heterocycles. The van der Waals surface area contributed by atoms with Crippen molar-refractivity contribution in [3.63, 3.8) is 0 Å². The summed E-state index contributed by atoms with van der Waals surface area (Å²) < 4.78 is 29.3. The van der Waals surface area contributed by atoms with E-state index in [1.165, 1.54) is 12.1 Å². The lowest BCUT2D eigenvalue weighted by Crippen LogP contribution is -2.15. The lowest BCUT2D eigenvalue weighted by Gasteiger charge is -2.10. The third-order valence-corrected chi connectivity index (χ3v) is 6.35. The van der Waals surface area contributed by atoms with E-state index < -0.39 is 21.6 Å². The van der Waals surface area contributed by atoms with E-state index in [-0.39, 0.29) is 4.90 Å². The summed E-state index contributed by atoms with van der Waals surface area (Å²) in [6, 6.07) is 22.2. The van der Waals surface area contributed by atoms with Crippen LogP contribution in [0.25, 0.3) is 22.1 Å². The molecule has 0 atom stereocenters. The zero-order valence-electron chi connectivity index (χ0n) is 15.9. The van der Waals surface area contributed by atoms with Gasteiger partial charge in [-0.15, -0.1) is 0 Å². The van der Waals surface area contributed by atoms with E-state index in [1.54, 1.807) is 18.4 Å². The van der Waals surface area contributed by atoms with Gasteiger partial charge in [-0.25, -0.2) is 8.42 Å². The van der Waals surface area contributed by atoms with Gasteiger partial charge >= 0.3 is 5.97 Å². The van der Waals surface area contributed by atoms with Crippen molar-refractivity contribution in [1.29, 1.82) is 0 Å². The van der Waals surface area contributed by atoms with Crippen LogP contribution < -0.4 is 5.32 Å². The first-order chi connectivity index (χ1) is 14.4. The third kappa shape index (κ3) is 4.36. The molecule has 0 saturated carbocycles. The van der Waals surface area contributed by atoms with Crippen LogP contribution >= 0.6 is 0 Å². The monoisotopic (exact) mass is 421 g/mol. The Hall–Kier alpha value is -3.58. The summed E-state index contributed by atoms with van der Waals surface area (Å²) in [5.74, 6) is -2.29. The largest absolute Gasteiger partial charge is 0.480 e. The Morgan fingerprint density at radius 1 is 0.933 bits per heavy atom. The summed E-state index contributed by atoms with van der Waals surface area (Å²) in [5, 5.41) is 13.0. The summed E-state index contributed by atoms with van der Waals surface area (Å²) in [5.41, 5.74) is 4.86. The Bertz CT molecular complexity index is 1310. The molecule has 0 aliphatic heterocycles. The summed E-state index contributed by atoms with van der Waals surface area (Å²) >= 11 is 0. The molecule has 30 heavy (non-hydrogen) atoms. The second kappa shape index (κ2) is 8.04. The third-order valence-electron chi connectivity index (χ3n) is 4.74. The maximum atomic E-state index is 12.0. The van der Waals surface area contributed by atoms with Crippen LogP contribution in [0.1, 0.15) is 5.56 Å². The molecule has 1 aromatic heterocycles. The van der Waals surface area contributed by atoms with Crippen LogP contribution in [0.5, 0.6) is 0 Å². The Morgan fingerprint density at radius 2 is 1.70 bits per heavy atom. The SMILES string of the molecule is O=C(O)CS(=O)(=O)c1ccc(NCc2cccc(-c3ccc4occc4c3)c2)cc1. The Labute approximate surface area is 173 Å². The standard InChI is InChI=1S/C23H19NO5S/c25-23(26)15-30(27,28)21-7-5-20(6-8-21)24-14-16-2-1-3-17(12-16)18-4-9-22-19(13-18)10-11-29-22/h1-13,24H,14-15H2,(H,25,26). The predicted molar refractivity (Wildman–Crippen MR) is 115 cm³/mol. The number of nitrogens with one attached hydrogen (secondary N) is 1. The van der Waals surface area contributed by atoms with Crippen molar-refractivity contribution in [2.24, 2.45) is 0 Å². The van der Waals surface area contributed by atoms with Gasteiger partial charge in [-0.2, -0.15) is 0 Å². The zero-order valence-corrected chi connectivity index (χ0v) is 16.7. The highest BCUT2D eigenvalue weighted by atomic mass is 32.2. The van der Waals surface area contributed by atoms with Crippen LogP contribution in [0.3, 0.4) is 0 Å². The van der Waals surface area contributed by atoms with E-state index in [0.29, 0.717) is 6.54 Å². The molecule has 2 N–H and O–H groups in total. The minimum atomic E-state index is -3.83. The normalized spacial score (nSPS) is 11.5. The van der Waals surface area contributed by atoms with E-state index in [4.69, 9.17) is 9.52 Å². The topological polar surface area (TPSA) is 96.6 Å². The molecule has 4 aromatic rings. The number of carboxylic acids is 1. The highest BCUT2D eigenvalue weighted by Gasteiger charge is 2.18. The molecule has 1 heterocycles. The summed E-state index contributed by atoms with van der Waals surface area (Å²) in [4.78, 5) is 10.7. The maximum Gasteiger partial charge on any atom is 0.319 e. The molecule has 0 spiro atoms. The van der Waals surface area contributed by atoms with Gasteiger partial charge in [-0.05, 0) is 65.2 Å². The molecule has 0 unspecified atom stereocenters. The fourth-order valence-electron chi connectivity index (χ4n) is 3.24. The zero-order chi connectivity index (χ0) is 21.1. The molecular weight excluding hydrogens is 402 g/mol. The van der Waals surface area contributed by atoms with Crippen molar-refractivity contribution >= 4 is 32.5 Å². The smallest absolute Gasteiger partial charge is 0.319 e. The number of hydrogen-bond donors (Lipinski definition) is 2. The second-order valence-electron chi connectivity index (χ2n) is 6.90. The van der Waals surface area contributed by atoms with Gasteiger partial charge in [-0.1, -0.05) is 24.3 Å². The number of fused-ring (bicyclic) bond motifs is 1. The van der Waals surface area contributed by atoms with Gasteiger partial charge in [0.15, 0.2) is 15.6 Å². The van der Waals surface area contributed by atoms with Crippen molar-refractivity contribution in [2.45, 2.75) is 11.4 Å². The van der Waals surface area contributed by atoms with Gasteiger partial charge in [0.25, 0.3) is 0 Å². The summed E-state index contributed by atoms with van der Waals surface area (Å²) in [7, 11) is -3.83. The summed E-state index contributed by atoms with van der Waals surface area (Å²) in [6.45, 7) is 0.559. The number of aliphatic carboxylic acids is 1. The molecule has 6 nitrogen and oxygen atoms in total. The molecule has 0 amide bonds. The predicted octanol–water partition coefficient (Wildman–Crippen LogP) is 4.57. The molecule has 0 fully saturated rings. The van der Waals surface area contributed by atoms with Crippen LogP contribution in [0, 0.1) is 0 Å². The Balaban J connectivity index is 1.46. The highest BCUT2D eigenvalue weighted by Crippen LogP contribution is 2.26. The summed E-state index contributed by atoms with van der Waals surface area (Å²) in [6.07, 6.45) is 1.67. The molecule has 0 aliphatic rings. The van der Waals surface area contributed by atoms with Gasteiger partial charge in [0.2, 0.25) is 0 Å². The molecule has 0 aliphatic carbocycles. The minimum absolute atomic E-state index is 0.00733. The lowest BCUT2D eigenvalue weighted by molar-refractivity contribution is -0.134. The quantitative estimate of drug-likeness (QED) is 0.454. The molecule has 7 heteroatoms. The molecule has 0 bridgehead atoms. The number of furan rings is 1. The first-order valence-corrected chi connectivity index (χ1v) is 10.9. The average Bonchev–Trinajstić information content (AvgIpc) is 3.20. The fourth-order valence-corrected chi connectivity index (χ4v) is 4.28. The number of rotatable bonds is 7. The van der Waals surface area contributed by atoms with Gasteiger partial charge in [0.1, 0.15) is 5.58 Å². The fraction of sp³-hybridized carbons (Fsp3) is 0.0870. The molecule has 0 radical (unpaired) electrons. The average molecular weight is 421 g/mol. The number of anilines is 1. The van der Waals surface area contributed by atoms with E-state index in [0.717, 1.165) is 33.3 Å². The molecule has 3 aromatic carbocycles. The van der Waals surface area contributed by atoms with Gasteiger partial charge in [-0.3, -0.25) is 4.79 Å². The van der Waals surface area contributed by atoms with Crippen molar-refractivity contribution in [3.8, 4) is 11.1 Å². The Kier molecular flexibility index (Phi) is 5.29. The number of benzene rings is 3. The van der Waals surface area contributed by atoms with Crippen LogP contribution in [-0.4, -0.2) is 25.2 Å². The van der Waals surface area contributed by atoms with Gasteiger partial charge in [0, 0.05) is 17.6 Å². The van der Waals surface area contributed by atoms with E-state index in [9.17, 15) is 13.2 Å². The first kappa shape index (κ1) is 19.7. The van der Waals surface area contributed by atoms with Crippen LogP contribution in [0.4, 0.5) is 5.69 Å². The number of carbonyl (C=O) groups is 1. The van der Waals surface area contributed by atoms with Crippen LogP contribution in [0.15, 0.2) is 88.4 Å². The highest BCUT2D eigenvalue weighted by molar-refractivity contribution is 7.92. The van der Waals surface area contributed by atoms with Crippen molar-refractivity contribution in [3.05, 3.63) is 84.6 Å². The molecule has 4 rings (SSSR count). The minimum Gasteiger partial charge on any atom is -0.480 e. The molecule has 152 valence electrons. The van der Waals surface area contributed by atoms with Crippen molar-refractivity contribution in [2.75, 3.05) is 11.1 Å². The van der Waals surface area contributed by atoms with Gasteiger partial charge < -0.3 is 14.8 Å². The van der Waals surface area contributed by atoms with Crippen LogP contribution in [-0.2, 0) is 21.2 Å². The lowest BCUT2D eigenvalue weighted by atomic mass is 10.0. The van der Waals surface area contributed by atoms with Crippen LogP contribution in [0.2, 0.25) is 0 Å². The maximum absolute atomic E-state index is 12.0.